The first-order valence-corrected chi connectivity index (χ1v) is 6.69. The van der Waals surface area contributed by atoms with E-state index < -0.39 is 10.8 Å². The quantitative estimate of drug-likeness (QED) is 0.466. The Morgan fingerprint density at radius 2 is 1.55 bits per heavy atom. The standard InChI is InChI=1S/C16H18N2O4/c1-17(14-7-5-4-6-8-14)16(21-2,22-3)13-9-11-15(12-10-13)18(19)20/h4-12H,1-3H3. The molecule has 22 heavy (non-hydrogen) atoms. The van der Waals surface area contributed by atoms with E-state index in [2.05, 4.69) is 0 Å². The fourth-order valence-corrected chi connectivity index (χ4v) is 2.40. The molecule has 0 saturated heterocycles. The number of nitro benzene ring substituents is 1. The first-order chi connectivity index (χ1) is 10.5. The third kappa shape index (κ3) is 2.79. The lowest BCUT2D eigenvalue weighted by Crippen LogP contribution is -2.47. The number of hydrogen-bond acceptors (Lipinski definition) is 5. The van der Waals surface area contributed by atoms with Crippen molar-refractivity contribution in [3.8, 4) is 0 Å². The molecule has 0 spiro atoms. The number of nitro groups is 1. The van der Waals surface area contributed by atoms with Crippen molar-refractivity contribution >= 4 is 11.4 Å². The minimum absolute atomic E-state index is 0.0206. The Balaban J connectivity index is 2.45. The summed E-state index contributed by atoms with van der Waals surface area (Å²) in [5.74, 6) is -1.17. The molecule has 0 heterocycles. The van der Waals surface area contributed by atoms with Gasteiger partial charge in [0, 0.05) is 44.7 Å². The van der Waals surface area contributed by atoms with E-state index in [1.807, 2.05) is 42.3 Å². The first-order valence-electron chi connectivity index (χ1n) is 6.69. The molecule has 0 bridgehead atoms. The lowest BCUT2D eigenvalue weighted by Gasteiger charge is -2.40. The van der Waals surface area contributed by atoms with Gasteiger partial charge in [-0.3, -0.25) is 10.1 Å². The van der Waals surface area contributed by atoms with Crippen molar-refractivity contribution in [2.75, 3.05) is 26.2 Å². The number of methoxy groups -OCH3 is 2. The summed E-state index contributed by atoms with van der Waals surface area (Å²) in [5, 5.41) is 10.8. The predicted molar refractivity (Wildman–Crippen MR) is 83.6 cm³/mol. The van der Waals surface area contributed by atoms with Crippen molar-refractivity contribution in [3.05, 3.63) is 70.3 Å². The molecular weight excluding hydrogens is 284 g/mol. The highest BCUT2D eigenvalue weighted by Gasteiger charge is 2.38. The van der Waals surface area contributed by atoms with Crippen LogP contribution in [-0.2, 0) is 15.4 Å². The zero-order valence-corrected chi connectivity index (χ0v) is 12.7. The second kappa shape index (κ2) is 6.55. The van der Waals surface area contributed by atoms with E-state index in [4.69, 9.17) is 9.47 Å². The van der Waals surface area contributed by atoms with Crippen LogP contribution >= 0.6 is 0 Å². The van der Waals surface area contributed by atoms with Gasteiger partial charge in [0.25, 0.3) is 11.6 Å². The highest BCUT2D eigenvalue weighted by atomic mass is 16.7. The van der Waals surface area contributed by atoms with E-state index in [1.165, 1.54) is 26.4 Å². The molecule has 0 atom stereocenters. The van der Waals surface area contributed by atoms with E-state index in [0.29, 0.717) is 5.56 Å². The first kappa shape index (κ1) is 15.9. The number of benzene rings is 2. The summed E-state index contributed by atoms with van der Waals surface area (Å²) >= 11 is 0. The van der Waals surface area contributed by atoms with Crippen molar-refractivity contribution in [1.82, 2.24) is 0 Å². The predicted octanol–water partition coefficient (Wildman–Crippen LogP) is 3.13. The molecule has 0 radical (unpaired) electrons. The van der Waals surface area contributed by atoms with Gasteiger partial charge < -0.3 is 14.4 Å². The van der Waals surface area contributed by atoms with Gasteiger partial charge in [0.15, 0.2) is 0 Å². The smallest absolute Gasteiger partial charge is 0.279 e. The van der Waals surface area contributed by atoms with Crippen LogP contribution in [0.1, 0.15) is 5.56 Å². The minimum atomic E-state index is -1.17. The van der Waals surface area contributed by atoms with Crippen LogP contribution in [0.25, 0.3) is 0 Å². The van der Waals surface area contributed by atoms with Crippen molar-refractivity contribution in [1.29, 1.82) is 0 Å². The lowest BCUT2D eigenvalue weighted by atomic mass is 10.1. The molecule has 0 aliphatic heterocycles. The van der Waals surface area contributed by atoms with Crippen molar-refractivity contribution in [2.45, 2.75) is 5.91 Å². The maximum absolute atomic E-state index is 10.8. The molecule has 0 unspecified atom stereocenters. The molecular formula is C16H18N2O4. The van der Waals surface area contributed by atoms with E-state index in [-0.39, 0.29) is 5.69 Å². The summed E-state index contributed by atoms with van der Waals surface area (Å²) in [4.78, 5) is 12.2. The number of anilines is 1. The fraction of sp³-hybridized carbons (Fsp3) is 0.250. The van der Waals surface area contributed by atoms with Gasteiger partial charge in [-0.25, -0.2) is 0 Å². The minimum Gasteiger partial charge on any atom is -0.332 e. The van der Waals surface area contributed by atoms with Crippen molar-refractivity contribution < 1.29 is 14.4 Å². The van der Waals surface area contributed by atoms with Crippen molar-refractivity contribution in [3.63, 3.8) is 0 Å². The summed E-state index contributed by atoms with van der Waals surface area (Å²) < 4.78 is 11.2. The SMILES string of the molecule is COC(OC)(c1ccc([N+](=O)[O-])cc1)N(C)c1ccccc1. The highest BCUT2D eigenvalue weighted by Crippen LogP contribution is 2.34. The molecule has 2 aromatic carbocycles. The van der Waals surface area contributed by atoms with E-state index in [9.17, 15) is 10.1 Å². The molecule has 0 saturated carbocycles. The monoisotopic (exact) mass is 302 g/mol. The molecule has 0 aliphatic carbocycles. The van der Waals surface area contributed by atoms with Crippen LogP contribution in [0.5, 0.6) is 0 Å². The van der Waals surface area contributed by atoms with Crippen LogP contribution in [0.2, 0.25) is 0 Å². The number of rotatable bonds is 6. The van der Waals surface area contributed by atoms with E-state index in [0.717, 1.165) is 5.69 Å². The molecule has 0 N–H and O–H groups in total. The number of non-ortho nitro benzene ring substituents is 1. The maximum atomic E-state index is 10.8. The topological polar surface area (TPSA) is 64.8 Å². The summed E-state index contributed by atoms with van der Waals surface area (Å²) in [5.41, 5.74) is 1.58. The Bertz CT molecular complexity index is 624. The van der Waals surface area contributed by atoms with Crippen LogP contribution in [0, 0.1) is 10.1 Å². The van der Waals surface area contributed by atoms with Crippen LogP contribution in [0.3, 0.4) is 0 Å². The van der Waals surface area contributed by atoms with Crippen LogP contribution in [0.4, 0.5) is 11.4 Å². The Hall–Kier alpha value is -2.44. The molecule has 6 heteroatoms. The molecule has 2 aromatic rings. The number of nitrogens with zero attached hydrogens (tertiary/aromatic N) is 2. The van der Waals surface area contributed by atoms with Crippen LogP contribution in [0.15, 0.2) is 54.6 Å². The number of ether oxygens (including phenoxy) is 2. The molecule has 6 nitrogen and oxygen atoms in total. The Morgan fingerprint density at radius 3 is 2.00 bits per heavy atom. The van der Waals surface area contributed by atoms with Gasteiger partial charge in [-0.2, -0.15) is 0 Å². The van der Waals surface area contributed by atoms with Gasteiger partial charge in [0.2, 0.25) is 0 Å². The van der Waals surface area contributed by atoms with Gasteiger partial charge in [-0.15, -0.1) is 0 Å². The van der Waals surface area contributed by atoms with Gasteiger partial charge in [0.05, 0.1) is 4.92 Å². The largest absolute Gasteiger partial charge is 0.332 e. The van der Waals surface area contributed by atoms with Gasteiger partial charge in [0.1, 0.15) is 0 Å². The average Bonchev–Trinajstić information content (AvgIpc) is 2.57. The third-order valence-corrected chi connectivity index (χ3v) is 3.58. The lowest BCUT2D eigenvalue weighted by molar-refractivity contribution is -0.384. The Morgan fingerprint density at radius 1 is 1.00 bits per heavy atom. The summed E-state index contributed by atoms with van der Waals surface area (Å²) in [6.07, 6.45) is 0. The van der Waals surface area contributed by atoms with Gasteiger partial charge >= 0.3 is 0 Å². The molecule has 0 aliphatic rings. The van der Waals surface area contributed by atoms with Crippen molar-refractivity contribution in [2.24, 2.45) is 0 Å². The summed E-state index contributed by atoms with van der Waals surface area (Å²) in [7, 11) is 4.90. The molecule has 0 aromatic heterocycles. The Kier molecular flexibility index (Phi) is 4.75. The average molecular weight is 302 g/mol. The normalized spacial score (nSPS) is 11.2. The van der Waals surface area contributed by atoms with Gasteiger partial charge in [-0.1, -0.05) is 18.2 Å². The molecule has 116 valence electrons. The summed E-state index contributed by atoms with van der Waals surface area (Å²) in [6.45, 7) is 0. The fourth-order valence-electron chi connectivity index (χ4n) is 2.40. The second-order valence-corrected chi connectivity index (χ2v) is 4.69. The number of hydrogen-bond donors (Lipinski definition) is 0. The van der Waals surface area contributed by atoms with Crippen LogP contribution in [-0.4, -0.2) is 26.2 Å². The third-order valence-electron chi connectivity index (χ3n) is 3.58. The van der Waals surface area contributed by atoms with E-state index in [1.54, 1.807) is 12.1 Å². The number of para-hydroxylation sites is 1. The molecule has 0 amide bonds. The zero-order valence-electron chi connectivity index (χ0n) is 12.7. The van der Waals surface area contributed by atoms with Crippen LogP contribution < -0.4 is 4.90 Å². The summed E-state index contributed by atoms with van der Waals surface area (Å²) in [6, 6.07) is 15.7. The Labute approximate surface area is 129 Å². The zero-order chi connectivity index (χ0) is 16.2. The van der Waals surface area contributed by atoms with Gasteiger partial charge in [-0.05, 0) is 24.3 Å². The highest BCUT2D eigenvalue weighted by molar-refractivity contribution is 5.49. The molecule has 2 rings (SSSR count). The second-order valence-electron chi connectivity index (χ2n) is 4.69. The molecule has 0 fully saturated rings. The maximum Gasteiger partial charge on any atom is 0.279 e. The van der Waals surface area contributed by atoms with E-state index >= 15 is 0 Å².